The van der Waals surface area contributed by atoms with Crippen molar-refractivity contribution in [2.24, 2.45) is 0 Å². The van der Waals surface area contributed by atoms with Gasteiger partial charge in [0.25, 0.3) is 0 Å². The molecule has 16 radical (unpaired) electrons. The Hall–Kier alpha value is 14.2. The molecule has 0 saturated carbocycles. The maximum absolute atomic E-state index is 11.8. The first-order valence-corrected chi connectivity index (χ1v) is 27.5. The summed E-state index contributed by atoms with van der Waals surface area (Å²) in [5, 5.41) is 4.13. The van der Waals surface area contributed by atoms with Crippen LogP contribution in [0.2, 0.25) is 0 Å². The first-order chi connectivity index (χ1) is 32.2. The minimum absolute atomic E-state index is 0. The Morgan fingerprint density at radius 1 is 0.640 bits per heavy atom. The Bertz CT molecular complexity index is 3330. The molecular weight excluding hydrogens is 2390 g/mol. The van der Waals surface area contributed by atoms with Gasteiger partial charge in [0.15, 0.2) is 11.4 Å². The fourth-order valence-corrected chi connectivity index (χ4v) is 11.8. The number of ether oxygens (including phenoxy) is 1. The topological polar surface area (TPSA) is 187 Å². The van der Waals surface area contributed by atoms with E-state index in [0.29, 0.717) is 31.4 Å². The number of aryl methyl sites for hydroxylation is 2. The van der Waals surface area contributed by atoms with E-state index in [9.17, 15) is 38.9 Å². The molecule has 410 valence electrons. The largest absolute Gasteiger partial charge is 1.00 e. The number of benzene rings is 5. The van der Waals surface area contributed by atoms with Gasteiger partial charge in [-0.25, -0.2) is 29.8 Å². The average molecular weight is 2450 g/mol. The smallest absolute Gasteiger partial charge is 1.00 e. The minimum atomic E-state index is -4.72. The molecular formula is C53H57N2Na2O10S3Y16-3. The van der Waals surface area contributed by atoms with Crippen LogP contribution in [0, 0.1) is 26.0 Å². The van der Waals surface area contributed by atoms with E-state index >= 15 is 0 Å². The van der Waals surface area contributed by atoms with Crippen molar-refractivity contribution in [3.63, 3.8) is 0 Å². The van der Waals surface area contributed by atoms with Crippen LogP contribution >= 0.6 is 0 Å². The number of hydrogen-bond donors (Lipinski definition) is 0. The summed E-state index contributed by atoms with van der Waals surface area (Å²) in [6, 6.07) is 28.1. The molecule has 86 heavy (non-hydrogen) atoms. The van der Waals surface area contributed by atoms with Crippen LogP contribution in [-0.2, 0) is 565 Å². The van der Waals surface area contributed by atoms with Gasteiger partial charge in [-0.05, 0) is 97.9 Å². The molecule has 2 heterocycles. The molecule has 12 nitrogen and oxygen atoms in total. The van der Waals surface area contributed by atoms with E-state index in [1.54, 1.807) is 12.2 Å². The molecule has 5 aromatic carbocycles. The van der Waals surface area contributed by atoms with Crippen LogP contribution in [0.15, 0.2) is 126 Å². The summed E-state index contributed by atoms with van der Waals surface area (Å²) in [5.74, 6) is -0.442. The van der Waals surface area contributed by atoms with Crippen LogP contribution in [0.4, 0.5) is 11.4 Å². The third kappa shape index (κ3) is 34.0. The fraction of sp³-hybridized carbons (Fsp3) is 0.340. The third-order valence-corrected chi connectivity index (χ3v) is 16.1. The molecule has 0 aromatic heterocycles. The minimum Gasteiger partial charge on any atom is -1.00 e. The summed E-state index contributed by atoms with van der Waals surface area (Å²) >= 11 is 0. The summed E-state index contributed by atoms with van der Waals surface area (Å²) in [4.78, 5) is 1.70. The molecule has 0 atom stereocenters. The number of hydrogen-bond acceptors (Lipinski definition) is 11. The van der Waals surface area contributed by atoms with Crippen molar-refractivity contribution in [1.29, 1.82) is 0 Å². The first kappa shape index (κ1) is 127. The molecule has 0 saturated heterocycles. The summed E-state index contributed by atoms with van der Waals surface area (Å²) < 4.78 is 115. The van der Waals surface area contributed by atoms with Crippen molar-refractivity contribution in [2.75, 3.05) is 29.5 Å². The number of rotatable bonds is 19. The maximum atomic E-state index is 11.8. The van der Waals surface area contributed by atoms with Gasteiger partial charge < -0.3 is 24.7 Å². The van der Waals surface area contributed by atoms with Gasteiger partial charge >= 0.3 is 59.1 Å². The summed E-state index contributed by atoms with van der Waals surface area (Å²) in [6.45, 7) is 13.1. The van der Waals surface area contributed by atoms with E-state index < -0.39 is 57.6 Å². The Labute approximate surface area is 961 Å². The van der Waals surface area contributed by atoms with E-state index in [0.717, 1.165) is 66.6 Å². The van der Waals surface area contributed by atoms with Gasteiger partial charge in [0, 0.05) is 571 Å². The summed E-state index contributed by atoms with van der Waals surface area (Å²) in [5.41, 5.74) is 6.99. The molecule has 0 aliphatic carbocycles. The van der Waals surface area contributed by atoms with E-state index in [2.05, 4.69) is 62.3 Å². The zero-order chi connectivity index (χ0) is 49.2. The van der Waals surface area contributed by atoms with E-state index in [1.165, 1.54) is 24.3 Å². The third-order valence-electron chi connectivity index (χ3n) is 13.6. The molecule has 2 aliphatic heterocycles. The van der Waals surface area contributed by atoms with Gasteiger partial charge in [-0.15, -0.1) is 51.4 Å². The predicted molar refractivity (Wildman–Crippen MR) is 266 cm³/mol. The normalized spacial score (nSPS) is 13.3. The van der Waals surface area contributed by atoms with Crippen LogP contribution in [0.5, 0.6) is 5.75 Å². The monoisotopic (exact) mass is 2450 g/mol. The number of anilines is 1. The zero-order valence-electron chi connectivity index (χ0n) is 51.4. The van der Waals surface area contributed by atoms with Crippen LogP contribution in [0.1, 0.15) is 89.9 Å². The first-order valence-electron chi connectivity index (χ1n) is 22.9. The molecule has 0 bridgehead atoms. The number of fused-ring (bicyclic) bond motifs is 6. The molecule has 0 spiro atoms. The van der Waals surface area contributed by atoms with Gasteiger partial charge in [-0.1, -0.05) is 59.8 Å². The van der Waals surface area contributed by atoms with Gasteiger partial charge in [-0.3, -0.25) is 0 Å². The van der Waals surface area contributed by atoms with Crippen LogP contribution in [-0.4, -0.2) is 73.8 Å². The second kappa shape index (κ2) is 60.1. The SMILES string of the molecule is CCC1(CC)C(/C=C/C=C(/C=C/C=C2/N(CCCS(=O)(=O)[O-])c3ccc4c[c-]cc(C)c4c3C2(CC)CC)Oc2ccc(S(=O)(=O)[O-])cc2)=[N+](CCCS(=O)(=O)[O-])c2ccc3cc(C)c[c-]c3c21.[H-].[Na+].[Na+].[Y].[Y].[Y].[Y].[Y].[Y].[Y].[Y].[Y].[Y].[Y].[Y].[Y].[Y].[Y].[Y]. The molecule has 5 aromatic rings. The standard InChI is InChI=1S/C53H59N2O10S3.2Na.16Y.H/c1-7-52(8-2)47(54(32-14-34-66(56,57)58)45-31-24-40-36-37(5)22-29-44(40)50(45)52)20-12-18-41(65-42-25-27-43(28-26-42)68(62,63)64)19-13-21-48-53(9-3,10-4)51-46(55(48)33-15-35-67(59,60)61)30-23-39-17-11-16-38(6)49(39)51;;;;;;;;;;;;;;;;;;;/h12-13,16-28,30-31,36H,7-10,14-15,32-35H2,1-6H3,(H,56,57,58)(H,59,60,61)(H,62,63,64);;;;;;;;;;;;;;;;;;;/q-1;2*+1;;;;;;;;;;;;;;;;;-1/p-3. The Kier molecular flexibility index (Phi) is 88.6. The molecule has 0 amide bonds. The Balaban J connectivity index is -0.000000262. The number of allylic oxidation sites excluding steroid dienone is 7. The van der Waals surface area contributed by atoms with Crippen molar-refractivity contribution >= 4 is 69.0 Å². The Morgan fingerprint density at radius 3 is 1.67 bits per heavy atom. The van der Waals surface area contributed by atoms with Crippen molar-refractivity contribution in [1.82, 2.24) is 0 Å². The van der Waals surface area contributed by atoms with Crippen LogP contribution in [0.3, 0.4) is 0 Å². The molecule has 2 aliphatic rings. The van der Waals surface area contributed by atoms with Crippen LogP contribution in [0.25, 0.3) is 21.5 Å². The maximum Gasteiger partial charge on any atom is 1.00 e. The summed E-state index contributed by atoms with van der Waals surface area (Å²) in [7, 11) is -13.7. The Morgan fingerprint density at radius 2 is 1.16 bits per heavy atom. The predicted octanol–water partition coefficient (Wildman–Crippen LogP) is 3.76. The van der Waals surface area contributed by atoms with Crippen LogP contribution < -0.4 is 68.8 Å². The second-order valence-electron chi connectivity index (χ2n) is 17.5. The second-order valence-corrected chi connectivity index (χ2v) is 22.0. The van der Waals surface area contributed by atoms with Crippen molar-refractivity contribution in [2.45, 2.75) is 95.8 Å². The molecule has 0 unspecified atom stereocenters. The number of nitrogens with zero attached hydrogens (tertiary/aromatic N) is 2. The van der Waals surface area contributed by atoms with Crippen molar-refractivity contribution < 1.29 is 632 Å². The van der Waals surface area contributed by atoms with E-state index in [4.69, 9.17) is 4.74 Å². The fourth-order valence-electron chi connectivity index (χ4n) is 10.4. The van der Waals surface area contributed by atoms with Gasteiger partial charge in [-0.2, -0.15) is 23.8 Å². The molecule has 7 rings (SSSR count). The van der Waals surface area contributed by atoms with Gasteiger partial charge in [0.05, 0.1) is 30.5 Å². The van der Waals surface area contributed by atoms with Crippen molar-refractivity contribution in [3.8, 4) is 5.75 Å². The van der Waals surface area contributed by atoms with Gasteiger partial charge in [0.2, 0.25) is 0 Å². The van der Waals surface area contributed by atoms with E-state index in [1.807, 2.05) is 73.7 Å². The van der Waals surface area contributed by atoms with Crippen molar-refractivity contribution in [3.05, 3.63) is 155 Å². The molecule has 33 heteroatoms. The molecule has 0 fully saturated rings. The van der Waals surface area contributed by atoms with E-state index in [-0.39, 0.29) is 616 Å². The summed E-state index contributed by atoms with van der Waals surface area (Å²) in [6.07, 6.45) is 14.2. The average Bonchev–Trinajstić information content (AvgIpc) is 3.71. The zero-order valence-corrected chi connectivity index (χ0v) is 102. The molecule has 0 N–H and O–H groups in total. The quantitative estimate of drug-likeness (QED) is 0.0293. The van der Waals surface area contributed by atoms with Gasteiger partial charge in [0.1, 0.15) is 28.2 Å².